The summed E-state index contributed by atoms with van der Waals surface area (Å²) in [5.74, 6) is 0. The molecule has 0 bridgehead atoms. The van der Waals surface area contributed by atoms with Crippen LogP contribution in [-0.2, 0) is 7.05 Å². The van der Waals surface area contributed by atoms with Crippen molar-refractivity contribution in [3.8, 4) is 0 Å². The van der Waals surface area contributed by atoms with E-state index < -0.39 is 0 Å². The maximum absolute atomic E-state index is 10.8. The summed E-state index contributed by atoms with van der Waals surface area (Å²) in [6.45, 7) is 0. The number of pyridine rings is 1. The second-order valence-electron chi connectivity index (χ2n) is 5.06. The number of nitro groups is 1. The molecule has 0 radical (unpaired) electrons. The zero-order chi connectivity index (χ0) is 15.5. The van der Waals surface area contributed by atoms with Gasteiger partial charge in [-0.1, -0.05) is 24.3 Å². The number of hydrogen-bond donors (Lipinski definition) is 0. The quantitative estimate of drug-likeness (QED) is 0.273. The van der Waals surface area contributed by atoms with Crippen LogP contribution in [0.3, 0.4) is 0 Å². The van der Waals surface area contributed by atoms with Gasteiger partial charge in [0.25, 0.3) is 5.69 Å². The average Bonchev–Trinajstić information content (AvgIpc) is 2.55. The van der Waals surface area contributed by atoms with Crippen molar-refractivity contribution in [2.45, 2.75) is 0 Å². The summed E-state index contributed by atoms with van der Waals surface area (Å²) < 4.78 is 2.10. The van der Waals surface area contributed by atoms with Crippen LogP contribution in [0.15, 0.2) is 60.7 Å². The number of fused-ring (bicyclic) bond motifs is 1. The van der Waals surface area contributed by atoms with Crippen molar-refractivity contribution in [3.63, 3.8) is 0 Å². The number of nitrogens with zero attached hydrogens (tertiary/aromatic N) is 2. The normalized spacial score (nSPS) is 10.7. The highest BCUT2D eigenvalue weighted by molar-refractivity contribution is 5.77. The summed E-state index contributed by atoms with van der Waals surface area (Å²) in [5.41, 5.74) is 3.08. The molecule has 0 unspecified atom stereocenters. The smallest absolute Gasteiger partial charge is 0.270 e. The zero-order valence-electron chi connectivity index (χ0n) is 12.5. The fraction of sp³-hybridized carbons (Fsp3) is 0.0556. The minimum atomic E-state index is -0.382. The molecule has 23 heavy (non-hydrogen) atoms. The van der Waals surface area contributed by atoms with Crippen molar-refractivity contribution in [1.82, 2.24) is 0 Å². The predicted octanol–water partition coefficient (Wildman–Crippen LogP) is 0.747. The molecule has 3 rings (SSSR count). The molecule has 2 aromatic carbocycles. The fourth-order valence-corrected chi connectivity index (χ4v) is 2.45. The Morgan fingerprint density at radius 3 is 2.57 bits per heavy atom. The van der Waals surface area contributed by atoms with E-state index in [1.807, 2.05) is 43.5 Å². The van der Waals surface area contributed by atoms with Crippen molar-refractivity contribution in [2.24, 2.45) is 7.05 Å². The molecular formula is C18H15IN2O2. The maximum atomic E-state index is 10.8. The number of rotatable bonds is 3. The maximum Gasteiger partial charge on any atom is 0.270 e. The zero-order valence-corrected chi connectivity index (χ0v) is 14.7. The largest absolute Gasteiger partial charge is 1.00 e. The third-order valence-electron chi connectivity index (χ3n) is 3.65. The number of benzene rings is 2. The summed E-state index contributed by atoms with van der Waals surface area (Å²) in [4.78, 5) is 10.4. The van der Waals surface area contributed by atoms with Gasteiger partial charge in [0.2, 0.25) is 11.2 Å². The highest BCUT2D eigenvalue weighted by Crippen LogP contribution is 2.16. The molecule has 0 aliphatic heterocycles. The van der Waals surface area contributed by atoms with E-state index in [9.17, 15) is 10.1 Å². The molecular weight excluding hydrogens is 403 g/mol. The summed E-state index contributed by atoms with van der Waals surface area (Å²) in [7, 11) is 2.01. The Labute approximate surface area is 151 Å². The minimum Gasteiger partial charge on any atom is -1.00 e. The Morgan fingerprint density at radius 1 is 1.00 bits per heavy atom. The number of nitro benzene ring substituents is 1. The summed E-state index contributed by atoms with van der Waals surface area (Å²) >= 11 is 0. The summed E-state index contributed by atoms with van der Waals surface area (Å²) in [6.07, 6.45) is 3.85. The molecule has 0 spiro atoms. The lowest BCUT2D eigenvalue weighted by Gasteiger charge is -2.00. The molecule has 0 atom stereocenters. The van der Waals surface area contributed by atoms with Crippen LogP contribution in [0.5, 0.6) is 0 Å². The van der Waals surface area contributed by atoms with E-state index in [2.05, 4.69) is 22.8 Å². The molecule has 0 N–H and O–H groups in total. The number of aromatic nitrogens is 1. The molecule has 0 aliphatic carbocycles. The first-order chi connectivity index (χ1) is 10.6. The lowest BCUT2D eigenvalue weighted by atomic mass is 10.1. The number of non-ortho nitro benzene ring substituents is 1. The Kier molecular flexibility index (Phi) is 5.44. The minimum absolute atomic E-state index is 0. The van der Waals surface area contributed by atoms with Crippen LogP contribution in [-0.4, -0.2) is 4.92 Å². The second-order valence-corrected chi connectivity index (χ2v) is 5.06. The van der Waals surface area contributed by atoms with E-state index in [-0.39, 0.29) is 34.6 Å². The molecule has 0 amide bonds. The molecule has 4 nitrogen and oxygen atoms in total. The standard InChI is InChI=1S/C18H15N2O2.HI/c1-19-16(12-10-15-6-2-3-8-18(15)19)11-9-14-5-4-7-17(13-14)20(21)22;/h2-13H,1H3;1H/q+1;/p-1. The Bertz CT molecular complexity index is 891. The molecule has 1 heterocycles. The highest BCUT2D eigenvalue weighted by Gasteiger charge is 2.08. The van der Waals surface area contributed by atoms with Gasteiger partial charge in [-0.15, -0.1) is 0 Å². The van der Waals surface area contributed by atoms with Gasteiger partial charge < -0.3 is 24.0 Å². The van der Waals surface area contributed by atoms with Gasteiger partial charge >= 0.3 is 0 Å². The van der Waals surface area contributed by atoms with Crippen molar-refractivity contribution < 1.29 is 33.5 Å². The van der Waals surface area contributed by atoms with Crippen LogP contribution in [0.25, 0.3) is 23.1 Å². The molecule has 0 saturated heterocycles. The number of para-hydroxylation sites is 1. The fourth-order valence-electron chi connectivity index (χ4n) is 2.45. The average molecular weight is 418 g/mol. The lowest BCUT2D eigenvalue weighted by Crippen LogP contribution is -3.00. The van der Waals surface area contributed by atoms with E-state index in [0.717, 1.165) is 16.8 Å². The van der Waals surface area contributed by atoms with E-state index in [4.69, 9.17) is 0 Å². The van der Waals surface area contributed by atoms with Crippen LogP contribution in [0, 0.1) is 10.1 Å². The first kappa shape index (κ1) is 17.1. The van der Waals surface area contributed by atoms with Crippen molar-refractivity contribution in [3.05, 3.63) is 82.0 Å². The van der Waals surface area contributed by atoms with Gasteiger partial charge in [-0.25, -0.2) is 0 Å². The lowest BCUT2D eigenvalue weighted by molar-refractivity contribution is -0.646. The van der Waals surface area contributed by atoms with Crippen molar-refractivity contribution >= 4 is 28.7 Å². The third kappa shape index (κ3) is 3.73. The highest BCUT2D eigenvalue weighted by atomic mass is 127. The van der Waals surface area contributed by atoms with Crippen molar-refractivity contribution in [2.75, 3.05) is 0 Å². The molecule has 5 heteroatoms. The first-order valence-corrected chi connectivity index (χ1v) is 6.95. The third-order valence-corrected chi connectivity index (χ3v) is 3.65. The van der Waals surface area contributed by atoms with Gasteiger partial charge in [0.1, 0.15) is 7.05 Å². The van der Waals surface area contributed by atoms with Gasteiger partial charge in [0.05, 0.1) is 4.92 Å². The number of halogens is 1. The van der Waals surface area contributed by atoms with E-state index in [1.54, 1.807) is 12.1 Å². The van der Waals surface area contributed by atoms with E-state index in [1.165, 1.54) is 11.5 Å². The monoisotopic (exact) mass is 418 g/mol. The molecule has 116 valence electrons. The van der Waals surface area contributed by atoms with Gasteiger partial charge in [-0.05, 0) is 23.8 Å². The van der Waals surface area contributed by atoms with Crippen LogP contribution in [0.1, 0.15) is 11.3 Å². The van der Waals surface area contributed by atoms with Crippen LogP contribution in [0.4, 0.5) is 5.69 Å². The molecule has 0 aliphatic rings. The van der Waals surface area contributed by atoms with E-state index >= 15 is 0 Å². The summed E-state index contributed by atoms with van der Waals surface area (Å²) in [6, 6.07) is 18.9. The van der Waals surface area contributed by atoms with Crippen LogP contribution >= 0.6 is 0 Å². The molecule has 3 aromatic rings. The van der Waals surface area contributed by atoms with Gasteiger partial charge in [0, 0.05) is 35.7 Å². The van der Waals surface area contributed by atoms with Crippen LogP contribution in [0.2, 0.25) is 0 Å². The molecule has 0 saturated carbocycles. The Morgan fingerprint density at radius 2 is 1.78 bits per heavy atom. The van der Waals surface area contributed by atoms with E-state index in [0.29, 0.717) is 0 Å². The topological polar surface area (TPSA) is 47.0 Å². The number of hydrogen-bond acceptors (Lipinski definition) is 2. The molecule has 0 fully saturated rings. The SMILES string of the molecule is C[n+]1c(C=Cc2cccc([N+](=O)[O-])c2)ccc2ccccc21.[I-]. The second kappa shape index (κ2) is 7.32. The van der Waals surface area contributed by atoms with Gasteiger partial charge in [0.15, 0.2) is 0 Å². The first-order valence-electron chi connectivity index (χ1n) is 6.95. The Balaban J connectivity index is 0.00000192. The van der Waals surface area contributed by atoms with Gasteiger partial charge in [-0.2, -0.15) is 4.57 Å². The summed E-state index contributed by atoms with van der Waals surface area (Å²) in [5, 5.41) is 12.0. The van der Waals surface area contributed by atoms with Gasteiger partial charge in [-0.3, -0.25) is 10.1 Å². The Hall–Kier alpha value is -2.28. The van der Waals surface area contributed by atoms with Crippen LogP contribution < -0.4 is 28.5 Å². The predicted molar refractivity (Wildman–Crippen MR) is 87.1 cm³/mol. The number of aryl methyl sites for hydroxylation is 1. The molecule has 1 aromatic heterocycles. The van der Waals surface area contributed by atoms with Crippen molar-refractivity contribution in [1.29, 1.82) is 0 Å².